The minimum atomic E-state index is -3.68. The van der Waals surface area contributed by atoms with Crippen LogP contribution in [0.1, 0.15) is 41.6 Å². The summed E-state index contributed by atoms with van der Waals surface area (Å²) in [7, 11) is -3.68. The molecule has 2 aromatic carbocycles. The number of amides is 1. The first-order valence-corrected chi connectivity index (χ1v) is 11.0. The van der Waals surface area contributed by atoms with E-state index in [1.807, 2.05) is 6.92 Å². The summed E-state index contributed by atoms with van der Waals surface area (Å²) in [4.78, 5) is 12.6. The number of nitrogens with one attached hydrogen (secondary N) is 2. The van der Waals surface area contributed by atoms with Crippen LogP contribution in [0, 0.1) is 6.92 Å². The zero-order chi connectivity index (χ0) is 19.6. The molecule has 27 heavy (non-hydrogen) atoms. The summed E-state index contributed by atoms with van der Waals surface area (Å²) < 4.78 is 28.3. The lowest BCUT2D eigenvalue weighted by Gasteiger charge is -2.14. The topological polar surface area (TPSA) is 95.5 Å². The maximum Gasteiger partial charge on any atom is 0.255 e. The van der Waals surface area contributed by atoms with Crippen molar-refractivity contribution in [3.05, 3.63) is 52.0 Å². The average molecular weight is 453 g/mol. The molecule has 1 fully saturated rings. The number of carbonyl (C=O) groups excluding carboxylic acids is 1. The van der Waals surface area contributed by atoms with Crippen LogP contribution in [0.15, 0.2) is 45.8 Å². The fourth-order valence-electron chi connectivity index (χ4n) is 3.16. The largest absolute Gasteiger partial charge is 0.505 e. The summed E-state index contributed by atoms with van der Waals surface area (Å²) in [6.07, 6.45) is 3.71. The number of hydrogen-bond donors (Lipinski definition) is 3. The van der Waals surface area contributed by atoms with Gasteiger partial charge in [-0.2, -0.15) is 0 Å². The third-order valence-electron chi connectivity index (χ3n) is 4.54. The molecule has 0 atom stereocenters. The third kappa shape index (κ3) is 4.69. The van der Waals surface area contributed by atoms with Gasteiger partial charge in [0.15, 0.2) is 5.75 Å². The zero-order valence-corrected chi connectivity index (χ0v) is 17.2. The van der Waals surface area contributed by atoms with Gasteiger partial charge in [0.05, 0.1) is 15.1 Å². The molecule has 0 spiro atoms. The van der Waals surface area contributed by atoms with Gasteiger partial charge in [-0.05, 0) is 71.6 Å². The number of rotatable bonds is 5. The molecule has 0 aromatic heterocycles. The summed E-state index contributed by atoms with van der Waals surface area (Å²) in [6, 6.07) is 9.20. The van der Waals surface area contributed by atoms with Gasteiger partial charge in [0, 0.05) is 11.6 Å². The maximum atomic E-state index is 12.6. The summed E-state index contributed by atoms with van der Waals surface area (Å²) in [5.41, 5.74) is 1.30. The zero-order valence-electron chi connectivity index (χ0n) is 14.8. The third-order valence-corrected chi connectivity index (χ3v) is 6.66. The molecule has 1 amide bonds. The van der Waals surface area contributed by atoms with Crippen LogP contribution < -0.4 is 10.0 Å². The van der Waals surface area contributed by atoms with E-state index in [1.54, 1.807) is 12.1 Å². The van der Waals surface area contributed by atoms with Crippen LogP contribution in [0.5, 0.6) is 5.75 Å². The van der Waals surface area contributed by atoms with Crippen molar-refractivity contribution in [2.45, 2.75) is 43.5 Å². The van der Waals surface area contributed by atoms with Gasteiger partial charge >= 0.3 is 0 Å². The van der Waals surface area contributed by atoms with Crippen molar-refractivity contribution in [2.75, 3.05) is 5.32 Å². The van der Waals surface area contributed by atoms with Crippen LogP contribution in [0.4, 0.5) is 5.69 Å². The Morgan fingerprint density at radius 2 is 1.89 bits per heavy atom. The quantitative estimate of drug-likeness (QED) is 0.598. The molecular formula is C19H21BrN2O4S. The lowest BCUT2D eigenvalue weighted by molar-refractivity contribution is 0.102. The second kappa shape index (κ2) is 8.00. The molecular weight excluding hydrogens is 432 g/mol. The molecule has 3 N–H and O–H groups in total. The van der Waals surface area contributed by atoms with Gasteiger partial charge in [-0.3, -0.25) is 4.79 Å². The highest BCUT2D eigenvalue weighted by atomic mass is 79.9. The number of aryl methyl sites for hydroxylation is 1. The summed E-state index contributed by atoms with van der Waals surface area (Å²) in [5.74, 6) is -0.582. The van der Waals surface area contributed by atoms with Crippen LogP contribution in [-0.4, -0.2) is 25.5 Å². The molecule has 0 heterocycles. The van der Waals surface area contributed by atoms with Crippen LogP contribution in [0.3, 0.4) is 0 Å². The fourth-order valence-corrected chi connectivity index (χ4v) is 5.09. The number of anilines is 1. The molecule has 1 aliphatic rings. The smallest absolute Gasteiger partial charge is 0.255 e. The molecule has 0 radical (unpaired) electrons. The number of hydrogen-bond acceptors (Lipinski definition) is 4. The first kappa shape index (κ1) is 19.9. The minimum Gasteiger partial charge on any atom is -0.505 e. The molecule has 0 aliphatic heterocycles. The van der Waals surface area contributed by atoms with E-state index in [-0.39, 0.29) is 27.9 Å². The van der Waals surface area contributed by atoms with E-state index in [1.165, 1.54) is 24.3 Å². The summed E-state index contributed by atoms with van der Waals surface area (Å²) in [6.45, 7) is 1.84. The Balaban J connectivity index is 1.81. The van der Waals surface area contributed by atoms with Gasteiger partial charge in [0.1, 0.15) is 0 Å². The van der Waals surface area contributed by atoms with Crippen molar-refractivity contribution in [1.29, 1.82) is 0 Å². The standard InChI is InChI=1S/C19H21BrN2O4S/c1-12-9-16(20)18(23)17(10-12)21-19(24)13-5-4-8-15(11-13)27(25,26)22-14-6-2-3-7-14/h4-5,8-11,14,22-23H,2-3,6-7H2,1H3,(H,21,24). The van der Waals surface area contributed by atoms with Crippen LogP contribution in [0.2, 0.25) is 0 Å². The highest BCUT2D eigenvalue weighted by Gasteiger charge is 2.23. The molecule has 0 unspecified atom stereocenters. The highest BCUT2D eigenvalue weighted by molar-refractivity contribution is 9.10. The number of phenols is 1. The summed E-state index contributed by atoms with van der Waals surface area (Å²) in [5, 5.41) is 12.7. The Hall–Kier alpha value is -1.90. The van der Waals surface area contributed by atoms with Gasteiger partial charge in [0.25, 0.3) is 5.91 Å². The van der Waals surface area contributed by atoms with E-state index in [2.05, 4.69) is 26.0 Å². The molecule has 6 nitrogen and oxygen atoms in total. The first-order chi connectivity index (χ1) is 12.8. The Morgan fingerprint density at radius 1 is 1.19 bits per heavy atom. The normalized spacial score (nSPS) is 15.0. The Labute approximate surface area is 167 Å². The highest BCUT2D eigenvalue weighted by Crippen LogP contribution is 2.33. The molecule has 0 saturated heterocycles. The Kier molecular flexibility index (Phi) is 5.88. The molecule has 8 heteroatoms. The lowest BCUT2D eigenvalue weighted by atomic mass is 10.1. The van der Waals surface area contributed by atoms with Crippen molar-refractivity contribution < 1.29 is 18.3 Å². The molecule has 0 bridgehead atoms. The molecule has 2 aromatic rings. The van der Waals surface area contributed by atoms with Gasteiger partial charge in [0.2, 0.25) is 10.0 Å². The predicted octanol–water partition coefficient (Wildman–Crippen LogP) is 3.94. The number of aromatic hydroxyl groups is 1. The Bertz CT molecular complexity index is 970. The fraction of sp³-hybridized carbons (Fsp3) is 0.316. The maximum absolute atomic E-state index is 12.6. The SMILES string of the molecule is Cc1cc(Br)c(O)c(NC(=O)c2cccc(S(=O)(=O)NC3CCCC3)c2)c1. The number of halogens is 1. The predicted molar refractivity (Wildman–Crippen MR) is 108 cm³/mol. The average Bonchev–Trinajstić information content (AvgIpc) is 3.11. The van der Waals surface area contributed by atoms with Crippen molar-refractivity contribution in [1.82, 2.24) is 4.72 Å². The van der Waals surface area contributed by atoms with Crippen molar-refractivity contribution in [2.24, 2.45) is 0 Å². The molecule has 144 valence electrons. The second-order valence-electron chi connectivity index (χ2n) is 6.73. The molecule has 1 aliphatic carbocycles. The van der Waals surface area contributed by atoms with Gasteiger partial charge in [-0.1, -0.05) is 18.9 Å². The van der Waals surface area contributed by atoms with Gasteiger partial charge in [-0.25, -0.2) is 13.1 Å². The van der Waals surface area contributed by atoms with E-state index in [4.69, 9.17) is 0 Å². The first-order valence-electron chi connectivity index (χ1n) is 8.69. The number of benzene rings is 2. The van der Waals surface area contributed by atoms with Crippen LogP contribution in [-0.2, 0) is 10.0 Å². The van der Waals surface area contributed by atoms with Crippen LogP contribution in [0.25, 0.3) is 0 Å². The van der Waals surface area contributed by atoms with Crippen molar-refractivity contribution in [3.63, 3.8) is 0 Å². The van der Waals surface area contributed by atoms with Gasteiger partial charge in [-0.15, -0.1) is 0 Å². The van der Waals surface area contributed by atoms with Crippen molar-refractivity contribution >= 4 is 37.5 Å². The minimum absolute atomic E-state index is 0.0472. The van der Waals surface area contributed by atoms with Crippen LogP contribution >= 0.6 is 15.9 Å². The number of phenolic OH excluding ortho intramolecular Hbond substituents is 1. The lowest BCUT2D eigenvalue weighted by Crippen LogP contribution is -2.32. The van der Waals surface area contributed by atoms with E-state index < -0.39 is 15.9 Å². The van der Waals surface area contributed by atoms with Crippen molar-refractivity contribution in [3.8, 4) is 5.75 Å². The Morgan fingerprint density at radius 3 is 2.59 bits per heavy atom. The monoisotopic (exact) mass is 452 g/mol. The number of carbonyl (C=O) groups is 1. The second-order valence-corrected chi connectivity index (χ2v) is 9.30. The van der Waals surface area contributed by atoms with Gasteiger partial charge < -0.3 is 10.4 Å². The van der Waals surface area contributed by atoms with E-state index in [0.29, 0.717) is 4.47 Å². The summed E-state index contributed by atoms with van der Waals surface area (Å²) >= 11 is 3.23. The molecule has 1 saturated carbocycles. The van der Waals surface area contributed by atoms with E-state index in [9.17, 15) is 18.3 Å². The van der Waals surface area contributed by atoms with E-state index in [0.717, 1.165) is 31.2 Å². The number of sulfonamides is 1. The molecule has 3 rings (SSSR count). The van der Waals surface area contributed by atoms with E-state index >= 15 is 0 Å².